The third-order valence-electron chi connectivity index (χ3n) is 6.03. The fourth-order valence-electron chi connectivity index (χ4n) is 4.22. The minimum absolute atomic E-state index is 0.174. The second-order valence-corrected chi connectivity index (χ2v) is 8.43. The molecule has 0 unspecified atom stereocenters. The number of benzene rings is 2. The smallest absolute Gasteiger partial charge is 0.338 e. The summed E-state index contributed by atoms with van der Waals surface area (Å²) < 4.78 is 5.09. The van der Waals surface area contributed by atoms with Gasteiger partial charge in [-0.2, -0.15) is 0 Å². The van der Waals surface area contributed by atoms with Crippen LogP contribution in [0.5, 0.6) is 0 Å². The summed E-state index contributed by atoms with van der Waals surface area (Å²) in [5, 5.41) is 2.77. The molecule has 1 N–H and O–H groups in total. The van der Waals surface area contributed by atoms with E-state index in [0.717, 1.165) is 12.0 Å². The molecule has 170 valence electrons. The fourth-order valence-corrected chi connectivity index (χ4v) is 4.22. The number of esters is 1. The molecule has 3 amide bonds. The zero-order chi connectivity index (χ0) is 23.5. The second-order valence-electron chi connectivity index (χ2n) is 8.43. The first-order valence-corrected chi connectivity index (χ1v) is 11.1. The molecule has 7 nitrogen and oxygen atoms in total. The summed E-state index contributed by atoms with van der Waals surface area (Å²) >= 11 is 0. The number of rotatable bonds is 6. The molecular formula is C26H26N2O5. The van der Waals surface area contributed by atoms with Crippen LogP contribution >= 0.6 is 0 Å². The van der Waals surface area contributed by atoms with Crippen molar-refractivity contribution in [3.05, 3.63) is 71.3 Å². The highest BCUT2D eigenvalue weighted by Crippen LogP contribution is 2.39. The number of carbonyl (C=O) groups is 4. The van der Waals surface area contributed by atoms with E-state index in [2.05, 4.69) is 5.32 Å². The van der Waals surface area contributed by atoms with Crippen molar-refractivity contribution >= 4 is 35.1 Å². The average molecular weight is 447 g/mol. The van der Waals surface area contributed by atoms with Crippen LogP contribution in [0.1, 0.15) is 53.8 Å². The zero-order valence-electron chi connectivity index (χ0n) is 18.7. The molecule has 33 heavy (non-hydrogen) atoms. The standard InChI is InChI=1S/C26H26N2O5/c1-3-14-33-26(32)18-5-9-19(10-6-18)27-23(29)17-7-11-20(12-8-17)28-24(30)21-13-4-16(2)15-22(21)25(28)31/h4-12,21-22H,3,13-15H2,1-2H3,(H,27,29)/t21-,22-/m1/s1. The van der Waals surface area contributed by atoms with E-state index < -0.39 is 5.97 Å². The Labute approximate surface area is 192 Å². The maximum Gasteiger partial charge on any atom is 0.338 e. The Kier molecular flexibility index (Phi) is 6.40. The van der Waals surface area contributed by atoms with Gasteiger partial charge in [-0.25, -0.2) is 4.79 Å². The Morgan fingerprint density at radius 2 is 1.61 bits per heavy atom. The normalized spacial score (nSPS) is 19.7. The molecule has 7 heteroatoms. The van der Waals surface area contributed by atoms with Crippen LogP contribution in [0.4, 0.5) is 11.4 Å². The Hall–Kier alpha value is -3.74. The summed E-state index contributed by atoms with van der Waals surface area (Å²) in [6, 6.07) is 12.9. The third-order valence-corrected chi connectivity index (χ3v) is 6.03. The molecule has 0 spiro atoms. The topological polar surface area (TPSA) is 92.8 Å². The van der Waals surface area contributed by atoms with Crippen molar-refractivity contribution in [1.29, 1.82) is 0 Å². The lowest BCUT2D eigenvalue weighted by Crippen LogP contribution is -2.30. The number of fused-ring (bicyclic) bond motifs is 1. The predicted molar refractivity (Wildman–Crippen MR) is 124 cm³/mol. The second kappa shape index (κ2) is 9.40. The number of amides is 3. The van der Waals surface area contributed by atoms with Gasteiger partial charge in [0.05, 0.1) is 29.7 Å². The van der Waals surface area contributed by atoms with Gasteiger partial charge in [-0.3, -0.25) is 19.3 Å². The summed E-state index contributed by atoms with van der Waals surface area (Å²) in [5.41, 5.74) is 2.95. The third kappa shape index (κ3) is 4.58. The predicted octanol–water partition coefficient (Wildman–Crippen LogP) is 4.35. The number of imide groups is 1. The molecule has 2 aromatic rings. The van der Waals surface area contributed by atoms with Gasteiger partial charge in [-0.05, 0) is 74.7 Å². The highest BCUT2D eigenvalue weighted by Gasteiger charge is 2.48. The van der Waals surface area contributed by atoms with Gasteiger partial charge in [0.1, 0.15) is 0 Å². The molecule has 1 heterocycles. The lowest BCUT2D eigenvalue weighted by atomic mass is 9.82. The van der Waals surface area contributed by atoms with Crippen molar-refractivity contribution in [2.45, 2.75) is 33.1 Å². The van der Waals surface area contributed by atoms with Crippen molar-refractivity contribution in [3.63, 3.8) is 0 Å². The minimum atomic E-state index is -0.401. The molecule has 1 aliphatic carbocycles. The molecule has 4 rings (SSSR count). The highest BCUT2D eigenvalue weighted by atomic mass is 16.5. The summed E-state index contributed by atoms with van der Waals surface area (Å²) in [6.45, 7) is 4.26. The van der Waals surface area contributed by atoms with Crippen molar-refractivity contribution < 1.29 is 23.9 Å². The Balaban J connectivity index is 1.41. The molecule has 0 radical (unpaired) electrons. The largest absolute Gasteiger partial charge is 0.462 e. The molecule has 2 atom stereocenters. The molecule has 2 aliphatic rings. The number of hydrogen-bond acceptors (Lipinski definition) is 5. The van der Waals surface area contributed by atoms with E-state index in [1.807, 2.05) is 19.9 Å². The van der Waals surface area contributed by atoms with E-state index in [-0.39, 0.29) is 29.6 Å². The van der Waals surface area contributed by atoms with E-state index in [4.69, 9.17) is 4.74 Å². The summed E-state index contributed by atoms with van der Waals surface area (Å²) in [7, 11) is 0. The van der Waals surface area contributed by atoms with Crippen LogP contribution in [0.25, 0.3) is 0 Å². The zero-order valence-corrected chi connectivity index (χ0v) is 18.7. The monoisotopic (exact) mass is 446 g/mol. The van der Waals surface area contributed by atoms with Gasteiger partial charge in [-0.1, -0.05) is 18.6 Å². The van der Waals surface area contributed by atoms with Gasteiger partial charge in [0.25, 0.3) is 5.91 Å². The number of hydrogen-bond donors (Lipinski definition) is 1. The molecule has 0 bridgehead atoms. The Morgan fingerprint density at radius 3 is 2.27 bits per heavy atom. The van der Waals surface area contributed by atoms with Crippen LogP contribution in [0.15, 0.2) is 60.2 Å². The number of allylic oxidation sites excluding steroid dienone is 2. The molecule has 0 aromatic heterocycles. The average Bonchev–Trinajstić information content (AvgIpc) is 3.07. The minimum Gasteiger partial charge on any atom is -0.462 e. The number of nitrogens with one attached hydrogen (secondary N) is 1. The van der Waals surface area contributed by atoms with E-state index >= 15 is 0 Å². The van der Waals surface area contributed by atoms with Crippen molar-refractivity contribution in [1.82, 2.24) is 0 Å². The van der Waals surface area contributed by atoms with Crippen LogP contribution in [-0.2, 0) is 14.3 Å². The molecular weight excluding hydrogens is 420 g/mol. The van der Waals surface area contributed by atoms with Gasteiger partial charge < -0.3 is 10.1 Å². The fraction of sp³-hybridized carbons (Fsp3) is 0.308. The van der Waals surface area contributed by atoms with Crippen molar-refractivity contribution in [2.24, 2.45) is 11.8 Å². The number of anilines is 2. The van der Waals surface area contributed by atoms with Crippen LogP contribution in [-0.4, -0.2) is 30.3 Å². The molecule has 2 aromatic carbocycles. The summed E-state index contributed by atoms with van der Waals surface area (Å²) in [4.78, 5) is 51.4. The maximum absolute atomic E-state index is 12.9. The number of ether oxygens (including phenoxy) is 1. The summed E-state index contributed by atoms with van der Waals surface area (Å²) in [5.74, 6) is -1.69. The van der Waals surface area contributed by atoms with Gasteiger partial charge >= 0.3 is 5.97 Å². The number of carbonyl (C=O) groups excluding carboxylic acids is 4. The van der Waals surface area contributed by atoms with E-state index in [9.17, 15) is 19.2 Å². The van der Waals surface area contributed by atoms with Crippen LogP contribution in [0, 0.1) is 11.8 Å². The van der Waals surface area contributed by atoms with Gasteiger partial charge in [0.15, 0.2) is 0 Å². The van der Waals surface area contributed by atoms with Gasteiger partial charge in [-0.15, -0.1) is 0 Å². The molecule has 0 saturated carbocycles. The summed E-state index contributed by atoms with van der Waals surface area (Å²) in [6.07, 6.45) is 3.98. The lowest BCUT2D eigenvalue weighted by molar-refractivity contribution is -0.122. The number of nitrogens with zero attached hydrogens (tertiary/aromatic N) is 1. The highest BCUT2D eigenvalue weighted by molar-refractivity contribution is 6.22. The first-order valence-electron chi connectivity index (χ1n) is 11.1. The van der Waals surface area contributed by atoms with Gasteiger partial charge in [0.2, 0.25) is 11.8 Å². The first kappa shape index (κ1) is 22.5. The van der Waals surface area contributed by atoms with Crippen LogP contribution in [0.2, 0.25) is 0 Å². The van der Waals surface area contributed by atoms with Crippen molar-refractivity contribution in [2.75, 3.05) is 16.8 Å². The van der Waals surface area contributed by atoms with Gasteiger partial charge in [0, 0.05) is 11.3 Å². The van der Waals surface area contributed by atoms with E-state index in [0.29, 0.717) is 42.0 Å². The Morgan fingerprint density at radius 1 is 0.970 bits per heavy atom. The van der Waals surface area contributed by atoms with E-state index in [1.165, 1.54) is 4.90 Å². The molecule has 1 saturated heterocycles. The molecule has 1 fully saturated rings. The van der Waals surface area contributed by atoms with Crippen LogP contribution < -0.4 is 10.2 Å². The first-order chi connectivity index (χ1) is 15.9. The van der Waals surface area contributed by atoms with Crippen molar-refractivity contribution in [3.8, 4) is 0 Å². The SMILES string of the molecule is CCCOC(=O)c1ccc(NC(=O)c2ccc(N3C(=O)[C@@H]4CC=C(C)C[C@H]4C3=O)cc2)cc1. The maximum atomic E-state index is 12.9. The quantitative estimate of drug-likeness (QED) is 0.405. The van der Waals surface area contributed by atoms with Crippen LogP contribution in [0.3, 0.4) is 0 Å². The lowest BCUT2D eigenvalue weighted by Gasteiger charge is -2.18. The van der Waals surface area contributed by atoms with E-state index in [1.54, 1.807) is 48.5 Å². The Bertz CT molecular complexity index is 1120. The molecule has 1 aliphatic heterocycles.